The normalized spacial score (nSPS) is 21.1. The van der Waals surface area contributed by atoms with Gasteiger partial charge in [-0.25, -0.2) is 0 Å². The molecule has 1 aromatic carbocycles. The highest BCUT2D eigenvalue weighted by Crippen LogP contribution is 2.22. The van der Waals surface area contributed by atoms with Gasteiger partial charge in [0.25, 0.3) is 0 Å². The van der Waals surface area contributed by atoms with E-state index in [0.717, 1.165) is 24.5 Å². The molecule has 2 aromatic rings. The molecule has 134 valence electrons. The molecule has 1 aliphatic heterocycles. The van der Waals surface area contributed by atoms with E-state index in [1.54, 1.807) is 7.11 Å². The Balaban J connectivity index is 1.71. The predicted octanol–water partition coefficient (Wildman–Crippen LogP) is 2.68. The molecule has 7 nitrogen and oxygen atoms in total. The van der Waals surface area contributed by atoms with Crippen LogP contribution in [0.2, 0.25) is 0 Å². The maximum Gasteiger partial charge on any atom is 0.232 e. The molecule has 1 fully saturated rings. The van der Waals surface area contributed by atoms with Gasteiger partial charge in [0.05, 0.1) is 13.7 Å². The van der Waals surface area contributed by atoms with Crippen molar-refractivity contribution in [3.05, 3.63) is 30.1 Å². The number of hydrogen-bond donors (Lipinski definition) is 2. The van der Waals surface area contributed by atoms with Crippen LogP contribution in [0.15, 0.2) is 24.3 Å². The van der Waals surface area contributed by atoms with Crippen molar-refractivity contribution in [1.29, 1.82) is 0 Å². The highest BCUT2D eigenvalue weighted by Gasteiger charge is 2.22. The second kappa shape index (κ2) is 7.65. The Labute approximate surface area is 148 Å². The van der Waals surface area contributed by atoms with Crippen LogP contribution in [-0.4, -0.2) is 40.1 Å². The molecule has 7 heteroatoms. The molecule has 2 atom stereocenters. The zero-order chi connectivity index (χ0) is 17.8. The summed E-state index contributed by atoms with van der Waals surface area (Å²) in [7, 11) is 1.64. The maximum atomic E-state index is 5.88. The van der Waals surface area contributed by atoms with Crippen molar-refractivity contribution >= 4 is 17.6 Å². The van der Waals surface area contributed by atoms with Gasteiger partial charge in [-0.15, -0.1) is 0 Å². The Morgan fingerprint density at radius 3 is 2.44 bits per heavy atom. The number of anilines is 3. The number of likely N-dealkylation sites (tertiary alicyclic amines) is 1. The van der Waals surface area contributed by atoms with Gasteiger partial charge in [0, 0.05) is 18.8 Å². The van der Waals surface area contributed by atoms with E-state index in [0.29, 0.717) is 30.2 Å². The van der Waals surface area contributed by atoms with E-state index in [-0.39, 0.29) is 5.95 Å². The highest BCUT2D eigenvalue weighted by atomic mass is 16.5. The molecule has 0 bridgehead atoms. The van der Waals surface area contributed by atoms with Gasteiger partial charge in [-0.1, -0.05) is 13.8 Å². The monoisotopic (exact) mass is 342 g/mol. The van der Waals surface area contributed by atoms with E-state index >= 15 is 0 Å². The topological polar surface area (TPSA) is 89.2 Å². The minimum atomic E-state index is 0.235. The Kier molecular flexibility index (Phi) is 5.33. The zero-order valence-corrected chi connectivity index (χ0v) is 15.1. The number of nitrogens with one attached hydrogen (secondary N) is 1. The Bertz CT molecular complexity index is 695. The summed E-state index contributed by atoms with van der Waals surface area (Å²) in [6.07, 6.45) is 1.28. The highest BCUT2D eigenvalue weighted by molar-refractivity contribution is 5.55. The SMILES string of the molecule is COc1ccc(Nc2nc(N)nc(CN3C[C@@H](C)C[C@H](C)C3)n2)cc1. The van der Waals surface area contributed by atoms with E-state index in [9.17, 15) is 0 Å². The average molecular weight is 342 g/mol. The molecule has 1 aromatic heterocycles. The summed E-state index contributed by atoms with van der Waals surface area (Å²) in [6, 6.07) is 7.58. The van der Waals surface area contributed by atoms with Gasteiger partial charge in [-0.2, -0.15) is 15.0 Å². The van der Waals surface area contributed by atoms with Crippen LogP contribution in [0.3, 0.4) is 0 Å². The molecule has 2 heterocycles. The van der Waals surface area contributed by atoms with Crippen molar-refractivity contribution in [2.75, 3.05) is 31.2 Å². The van der Waals surface area contributed by atoms with Crippen LogP contribution >= 0.6 is 0 Å². The Morgan fingerprint density at radius 2 is 1.80 bits per heavy atom. The zero-order valence-electron chi connectivity index (χ0n) is 15.1. The molecule has 25 heavy (non-hydrogen) atoms. The molecular formula is C18H26N6O. The molecule has 3 N–H and O–H groups in total. The van der Waals surface area contributed by atoms with Crippen molar-refractivity contribution in [3.8, 4) is 5.75 Å². The average Bonchev–Trinajstić information content (AvgIpc) is 2.54. The molecule has 0 spiro atoms. The lowest BCUT2D eigenvalue weighted by Crippen LogP contribution is -2.38. The molecule has 0 unspecified atom stereocenters. The van der Waals surface area contributed by atoms with Gasteiger partial charge in [-0.3, -0.25) is 4.90 Å². The van der Waals surface area contributed by atoms with E-state index in [1.807, 2.05) is 24.3 Å². The summed E-state index contributed by atoms with van der Waals surface area (Å²) >= 11 is 0. The van der Waals surface area contributed by atoms with Crippen molar-refractivity contribution in [2.24, 2.45) is 11.8 Å². The molecule has 1 saturated heterocycles. The summed E-state index contributed by atoms with van der Waals surface area (Å²) in [4.78, 5) is 15.4. The number of aromatic nitrogens is 3. The number of benzene rings is 1. The standard InChI is InChI=1S/C18H26N6O/c1-12-8-13(2)10-24(9-12)11-16-21-17(19)23-18(22-16)20-14-4-6-15(25-3)7-5-14/h4-7,12-13H,8-11H2,1-3H3,(H3,19,20,21,22,23)/t12-,13-/m0/s1. The molecule has 0 aliphatic carbocycles. The molecule has 0 amide bonds. The van der Waals surface area contributed by atoms with Gasteiger partial charge in [0.1, 0.15) is 11.6 Å². The van der Waals surface area contributed by atoms with Gasteiger partial charge in [0.15, 0.2) is 0 Å². The summed E-state index contributed by atoms with van der Waals surface area (Å²) in [5.74, 6) is 3.59. The molecule has 0 saturated carbocycles. The Morgan fingerprint density at radius 1 is 1.12 bits per heavy atom. The number of piperidine rings is 1. The van der Waals surface area contributed by atoms with Crippen molar-refractivity contribution < 1.29 is 4.74 Å². The van der Waals surface area contributed by atoms with E-state index < -0.39 is 0 Å². The first-order valence-electron chi connectivity index (χ1n) is 8.65. The van der Waals surface area contributed by atoms with Crippen molar-refractivity contribution in [2.45, 2.75) is 26.8 Å². The number of nitrogens with two attached hydrogens (primary N) is 1. The first kappa shape index (κ1) is 17.4. The number of nitrogen functional groups attached to an aromatic ring is 1. The fourth-order valence-corrected chi connectivity index (χ4v) is 3.49. The third kappa shape index (κ3) is 4.79. The minimum Gasteiger partial charge on any atom is -0.497 e. The smallest absolute Gasteiger partial charge is 0.232 e. The number of ether oxygens (including phenoxy) is 1. The lowest BCUT2D eigenvalue weighted by atomic mass is 9.92. The van der Waals surface area contributed by atoms with Crippen LogP contribution in [0.5, 0.6) is 5.75 Å². The van der Waals surface area contributed by atoms with Crippen molar-refractivity contribution in [1.82, 2.24) is 19.9 Å². The van der Waals surface area contributed by atoms with Crippen LogP contribution in [0.25, 0.3) is 0 Å². The number of hydrogen-bond acceptors (Lipinski definition) is 7. The minimum absolute atomic E-state index is 0.235. The van der Waals surface area contributed by atoms with Gasteiger partial charge in [0.2, 0.25) is 11.9 Å². The van der Waals surface area contributed by atoms with Gasteiger partial charge < -0.3 is 15.8 Å². The second-order valence-electron chi connectivity index (χ2n) is 6.93. The molecule has 0 radical (unpaired) electrons. The lowest BCUT2D eigenvalue weighted by Gasteiger charge is -2.34. The van der Waals surface area contributed by atoms with E-state index in [4.69, 9.17) is 10.5 Å². The van der Waals surface area contributed by atoms with Gasteiger partial charge >= 0.3 is 0 Å². The summed E-state index contributed by atoms with van der Waals surface area (Å²) in [6.45, 7) is 7.41. The largest absolute Gasteiger partial charge is 0.497 e. The van der Waals surface area contributed by atoms with Gasteiger partial charge in [-0.05, 0) is 42.5 Å². The summed E-state index contributed by atoms with van der Waals surface area (Å²) < 4.78 is 5.16. The van der Waals surface area contributed by atoms with Crippen LogP contribution in [-0.2, 0) is 6.54 Å². The lowest BCUT2D eigenvalue weighted by molar-refractivity contribution is 0.131. The first-order valence-corrected chi connectivity index (χ1v) is 8.65. The van der Waals surface area contributed by atoms with E-state index in [1.165, 1.54) is 6.42 Å². The summed E-state index contributed by atoms with van der Waals surface area (Å²) in [5, 5.41) is 3.17. The third-order valence-corrected chi connectivity index (χ3v) is 4.35. The third-order valence-electron chi connectivity index (χ3n) is 4.35. The predicted molar refractivity (Wildman–Crippen MR) is 98.7 cm³/mol. The Hall–Kier alpha value is -2.41. The van der Waals surface area contributed by atoms with E-state index in [2.05, 4.69) is 39.0 Å². The summed E-state index contributed by atoms with van der Waals surface area (Å²) in [5.41, 5.74) is 6.75. The molecular weight excluding hydrogens is 316 g/mol. The fourth-order valence-electron chi connectivity index (χ4n) is 3.49. The van der Waals surface area contributed by atoms with Crippen LogP contribution in [0.4, 0.5) is 17.6 Å². The van der Waals surface area contributed by atoms with Crippen LogP contribution in [0, 0.1) is 11.8 Å². The number of nitrogens with zero attached hydrogens (tertiary/aromatic N) is 4. The first-order chi connectivity index (χ1) is 12.0. The number of rotatable bonds is 5. The van der Waals surface area contributed by atoms with Crippen LogP contribution in [0.1, 0.15) is 26.1 Å². The second-order valence-corrected chi connectivity index (χ2v) is 6.93. The number of methoxy groups -OCH3 is 1. The van der Waals surface area contributed by atoms with Crippen molar-refractivity contribution in [3.63, 3.8) is 0 Å². The quantitative estimate of drug-likeness (QED) is 0.863. The molecule has 3 rings (SSSR count). The van der Waals surface area contributed by atoms with Crippen LogP contribution < -0.4 is 15.8 Å². The maximum absolute atomic E-state index is 5.88. The molecule has 1 aliphatic rings. The fraction of sp³-hybridized carbons (Fsp3) is 0.500.